The van der Waals surface area contributed by atoms with Gasteiger partial charge in [0.2, 0.25) is 0 Å². The Bertz CT molecular complexity index is 354. The minimum absolute atomic E-state index is 0.194. The average Bonchev–Trinajstić information content (AvgIpc) is 2.19. The average molecular weight is 205 g/mol. The maximum atomic E-state index is 13.0. The van der Waals surface area contributed by atoms with Gasteiger partial charge in [0.05, 0.1) is 12.0 Å². The highest BCUT2D eigenvalue weighted by molar-refractivity contribution is 5.26. The molecule has 0 amide bonds. The van der Waals surface area contributed by atoms with Crippen LogP contribution in [0, 0.1) is 23.1 Å². The minimum atomic E-state index is -0.267. The largest absolute Gasteiger partial charge is 0.207 e. The fourth-order valence-corrected chi connectivity index (χ4v) is 1.85. The Morgan fingerprint density at radius 2 is 2.20 bits per heavy atom. The van der Waals surface area contributed by atoms with Gasteiger partial charge in [0.15, 0.2) is 0 Å². The van der Waals surface area contributed by atoms with E-state index in [9.17, 15) is 4.39 Å². The van der Waals surface area contributed by atoms with E-state index in [4.69, 9.17) is 5.26 Å². The van der Waals surface area contributed by atoms with Crippen molar-refractivity contribution in [3.8, 4) is 6.07 Å². The summed E-state index contributed by atoms with van der Waals surface area (Å²) in [6, 6.07) is 8.61. The van der Waals surface area contributed by atoms with Crippen molar-refractivity contribution in [2.75, 3.05) is 0 Å². The zero-order valence-electron chi connectivity index (χ0n) is 9.20. The standard InChI is InChI=1S/C13H16FN/c1-3-5-10(2)13(9-15)11-6-4-7-12(14)8-11/h4,6-8,10,13H,3,5H2,1-2H3. The summed E-state index contributed by atoms with van der Waals surface area (Å²) < 4.78 is 13.0. The van der Waals surface area contributed by atoms with E-state index in [1.165, 1.54) is 12.1 Å². The van der Waals surface area contributed by atoms with Gasteiger partial charge in [-0.15, -0.1) is 0 Å². The molecular weight excluding hydrogens is 189 g/mol. The second kappa shape index (κ2) is 5.50. The van der Waals surface area contributed by atoms with Gasteiger partial charge in [-0.25, -0.2) is 4.39 Å². The third-order valence-corrected chi connectivity index (χ3v) is 2.66. The van der Waals surface area contributed by atoms with Gasteiger partial charge in [-0.3, -0.25) is 0 Å². The van der Waals surface area contributed by atoms with Gasteiger partial charge < -0.3 is 0 Å². The lowest BCUT2D eigenvalue weighted by Crippen LogP contribution is -2.07. The van der Waals surface area contributed by atoms with Crippen LogP contribution < -0.4 is 0 Å². The lowest BCUT2D eigenvalue weighted by atomic mass is 9.86. The van der Waals surface area contributed by atoms with Crippen molar-refractivity contribution in [1.82, 2.24) is 0 Å². The van der Waals surface area contributed by atoms with E-state index in [-0.39, 0.29) is 17.7 Å². The first-order valence-corrected chi connectivity index (χ1v) is 5.34. The molecule has 2 heteroatoms. The SMILES string of the molecule is CCCC(C)C(C#N)c1cccc(F)c1. The normalized spacial score (nSPS) is 14.3. The first-order valence-electron chi connectivity index (χ1n) is 5.34. The van der Waals surface area contributed by atoms with Crippen molar-refractivity contribution < 1.29 is 4.39 Å². The van der Waals surface area contributed by atoms with Crippen LogP contribution in [0.5, 0.6) is 0 Å². The van der Waals surface area contributed by atoms with Gasteiger partial charge in [0.1, 0.15) is 5.82 Å². The van der Waals surface area contributed by atoms with Crippen molar-refractivity contribution in [3.05, 3.63) is 35.6 Å². The lowest BCUT2D eigenvalue weighted by molar-refractivity contribution is 0.482. The van der Waals surface area contributed by atoms with Gasteiger partial charge in [-0.05, 0) is 30.0 Å². The molecule has 0 aliphatic heterocycles. The monoisotopic (exact) mass is 205 g/mol. The maximum absolute atomic E-state index is 13.0. The number of halogens is 1. The number of nitriles is 1. The van der Waals surface area contributed by atoms with Crippen LogP contribution >= 0.6 is 0 Å². The van der Waals surface area contributed by atoms with Crippen LogP contribution in [-0.4, -0.2) is 0 Å². The van der Waals surface area contributed by atoms with Crippen LogP contribution in [0.15, 0.2) is 24.3 Å². The Hall–Kier alpha value is -1.36. The van der Waals surface area contributed by atoms with Gasteiger partial charge in [-0.2, -0.15) is 5.26 Å². The molecule has 0 heterocycles. The highest BCUT2D eigenvalue weighted by atomic mass is 19.1. The fraction of sp³-hybridized carbons (Fsp3) is 0.462. The number of nitrogens with zero attached hydrogens (tertiary/aromatic N) is 1. The molecule has 1 aromatic carbocycles. The Morgan fingerprint density at radius 3 is 2.73 bits per heavy atom. The first kappa shape index (κ1) is 11.7. The summed E-state index contributed by atoms with van der Waals surface area (Å²) in [4.78, 5) is 0. The Balaban J connectivity index is 2.88. The molecule has 0 bridgehead atoms. The predicted molar refractivity (Wildman–Crippen MR) is 58.8 cm³/mol. The van der Waals surface area contributed by atoms with E-state index in [1.54, 1.807) is 6.07 Å². The summed E-state index contributed by atoms with van der Waals surface area (Å²) in [7, 11) is 0. The van der Waals surface area contributed by atoms with Crippen LogP contribution in [0.1, 0.15) is 38.2 Å². The van der Waals surface area contributed by atoms with Crippen molar-refractivity contribution in [2.24, 2.45) is 5.92 Å². The van der Waals surface area contributed by atoms with E-state index in [0.29, 0.717) is 0 Å². The first-order chi connectivity index (χ1) is 7.19. The number of hydrogen-bond donors (Lipinski definition) is 0. The van der Waals surface area contributed by atoms with Gasteiger partial charge in [0.25, 0.3) is 0 Å². The maximum Gasteiger partial charge on any atom is 0.123 e. The summed E-state index contributed by atoms with van der Waals surface area (Å²) in [5, 5.41) is 9.09. The van der Waals surface area contributed by atoms with Crippen LogP contribution in [-0.2, 0) is 0 Å². The molecule has 0 aliphatic carbocycles. The molecule has 0 N–H and O–H groups in total. The number of rotatable bonds is 4. The third-order valence-electron chi connectivity index (χ3n) is 2.66. The van der Waals surface area contributed by atoms with Crippen molar-refractivity contribution in [3.63, 3.8) is 0 Å². The summed E-state index contributed by atoms with van der Waals surface area (Å²) in [5.74, 6) is -0.182. The fourth-order valence-electron chi connectivity index (χ4n) is 1.85. The van der Waals surface area contributed by atoms with Crippen molar-refractivity contribution >= 4 is 0 Å². The molecule has 0 aromatic heterocycles. The zero-order chi connectivity index (χ0) is 11.3. The summed E-state index contributed by atoms with van der Waals surface area (Å²) >= 11 is 0. The zero-order valence-corrected chi connectivity index (χ0v) is 9.20. The molecule has 2 atom stereocenters. The van der Waals surface area contributed by atoms with E-state index < -0.39 is 0 Å². The molecule has 15 heavy (non-hydrogen) atoms. The van der Waals surface area contributed by atoms with Crippen molar-refractivity contribution in [1.29, 1.82) is 5.26 Å². The summed E-state index contributed by atoms with van der Waals surface area (Å²) in [6.45, 7) is 4.14. The molecule has 80 valence electrons. The van der Waals surface area contributed by atoms with Gasteiger partial charge >= 0.3 is 0 Å². The minimum Gasteiger partial charge on any atom is -0.207 e. The molecule has 0 spiro atoms. The third kappa shape index (κ3) is 3.06. The lowest BCUT2D eigenvalue weighted by Gasteiger charge is -2.17. The van der Waals surface area contributed by atoms with E-state index in [2.05, 4.69) is 13.0 Å². The topological polar surface area (TPSA) is 23.8 Å². The second-order valence-electron chi connectivity index (χ2n) is 3.93. The Labute approximate surface area is 90.5 Å². The molecule has 0 fully saturated rings. The highest BCUT2D eigenvalue weighted by Crippen LogP contribution is 2.27. The molecule has 1 rings (SSSR count). The molecule has 0 saturated carbocycles. The molecule has 1 nitrogen and oxygen atoms in total. The van der Waals surface area contributed by atoms with Crippen LogP contribution in [0.25, 0.3) is 0 Å². The molecule has 0 saturated heterocycles. The van der Waals surface area contributed by atoms with Crippen LogP contribution in [0.4, 0.5) is 4.39 Å². The predicted octanol–water partition coefficient (Wildman–Crippen LogP) is 3.87. The van der Waals surface area contributed by atoms with E-state index in [1.807, 2.05) is 13.0 Å². The van der Waals surface area contributed by atoms with E-state index >= 15 is 0 Å². The Morgan fingerprint density at radius 1 is 1.47 bits per heavy atom. The van der Waals surface area contributed by atoms with Crippen LogP contribution in [0.3, 0.4) is 0 Å². The molecule has 0 radical (unpaired) electrons. The van der Waals surface area contributed by atoms with Gasteiger partial charge in [0, 0.05) is 0 Å². The number of benzene rings is 1. The van der Waals surface area contributed by atoms with Gasteiger partial charge in [-0.1, -0.05) is 32.4 Å². The van der Waals surface area contributed by atoms with Crippen LogP contribution in [0.2, 0.25) is 0 Å². The quantitative estimate of drug-likeness (QED) is 0.732. The Kier molecular flexibility index (Phi) is 4.30. The summed E-state index contributed by atoms with van der Waals surface area (Å²) in [6.07, 6.45) is 2.05. The number of hydrogen-bond acceptors (Lipinski definition) is 1. The molecule has 0 aliphatic rings. The second-order valence-corrected chi connectivity index (χ2v) is 3.93. The molecular formula is C13H16FN. The summed E-state index contributed by atoms with van der Waals surface area (Å²) in [5.41, 5.74) is 0.790. The smallest absolute Gasteiger partial charge is 0.123 e. The van der Waals surface area contributed by atoms with Crippen molar-refractivity contribution in [2.45, 2.75) is 32.6 Å². The molecule has 1 aromatic rings. The highest BCUT2D eigenvalue weighted by Gasteiger charge is 2.18. The van der Waals surface area contributed by atoms with E-state index in [0.717, 1.165) is 18.4 Å². The molecule has 2 unspecified atom stereocenters.